The lowest BCUT2D eigenvalue weighted by Gasteiger charge is -2.15. The highest BCUT2D eigenvalue weighted by atomic mass is 35.5. The SMILES string of the molecule is CC(NC(=O)COC(=O)CCN1C(=O)c2ccccc2C1=O)c1ccc(Cl)cc1. The molecule has 0 fully saturated rings. The Morgan fingerprint density at radius 1 is 1.03 bits per heavy atom. The van der Waals surface area contributed by atoms with Gasteiger partial charge in [0.2, 0.25) is 0 Å². The van der Waals surface area contributed by atoms with Crippen LogP contribution in [0.5, 0.6) is 0 Å². The van der Waals surface area contributed by atoms with E-state index in [0.29, 0.717) is 16.1 Å². The molecule has 150 valence electrons. The molecule has 0 aromatic heterocycles. The van der Waals surface area contributed by atoms with Crippen LogP contribution < -0.4 is 5.32 Å². The Balaban J connectivity index is 1.43. The second-order valence-corrected chi connectivity index (χ2v) is 7.00. The summed E-state index contributed by atoms with van der Waals surface area (Å²) in [5.74, 6) is -2.00. The second-order valence-electron chi connectivity index (χ2n) is 6.56. The Kier molecular flexibility index (Phi) is 6.29. The first-order valence-corrected chi connectivity index (χ1v) is 9.40. The standard InChI is InChI=1S/C21H19ClN2O5/c1-13(14-6-8-15(22)9-7-14)23-18(25)12-29-19(26)10-11-24-20(27)16-4-2-3-5-17(16)21(24)28/h2-9,13H,10-12H2,1H3,(H,23,25). The Morgan fingerprint density at radius 2 is 1.62 bits per heavy atom. The van der Waals surface area contributed by atoms with Crippen molar-refractivity contribution in [3.63, 3.8) is 0 Å². The fraction of sp³-hybridized carbons (Fsp3) is 0.238. The van der Waals surface area contributed by atoms with Crippen LogP contribution in [-0.2, 0) is 14.3 Å². The molecule has 1 unspecified atom stereocenters. The summed E-state index contributed by atoms with van der Waals surface area (Å²) in [7, 11) is 0. The van der Waals surface area contributed by atoms with Gasteiger partial charge < -0.3 is 10.1 Å². The molecule has 3 rings (SSSR count). The maximum absolute atomic E-state index is 12.2. The summed E-state index contributed by atoms with van der Waals surface area (Å²) in [5.41, 5.74) is 1.50. The molecule has 0 spiro atoms. The molecule has 7 nitrogen and oxygen atoms in total. The van der Waals surface area contributed by atoms with Crippen LogP contribution in [0.25, 0.3) is 0 Å². The predicted molar refractivity (Wildman–Crippen MR) is 105 cm³/mol. The molecule has 1 aliphatic rings. The third-order valence-corrected chi connectivity index (χ3v) is 4.78. The van der Waals surface area contributed by atoms with Crippen molar-refractivity contribution in [2.24, 2.45) is 0 Å². The number of nitrogens with zero attached hydrogens (tertiary/aromatic N) is 1. The molecule has 2 aromatic carbocycles. The van der Waals surface area contributed by atoms with Crippen LogP contribution in [-0.4, -0.2) is 41.7 Å². The van der Waals surface area contributed by atoms with Crippen molar-refractivity contribution in [2.45, 2.75) is 19.4 Å². The van der Waals surface area contributed by atoms with E-state index < -0.39 is 30.3 Å². The summed E-state index contributed by atoms with van der Waals surface area (Å²) in [4.78, 5) is 49.4. The number of esters is 1. The summed E-state index contributed by atoms with van der Waals surface area (Å²) >= 11 is 5.84. The average Bonchev–Trinajstić information content (AvgIpc) is 2.95. The number of rotatable bonds is 7. The molecular weight excluding hydrogens is 396 g/mol. The smallest absolute Gasteiger partial charge is 0.308 e. The number of amides is 3. The average molecular weight is 415 g/mol. The number of fused-ring (bicyclic) bond motifs is 1. The van der Waals surface area contributed by atoms with Gasteiger partial charge in [-0.05, 0) is 36.8 Å². The molecule has 1 heterocycles. The first-order chi connectivity index (χ1) is 13.9. The van der Waals surface area contributed by atoms with Crippen molar-refractivity contribution in [1.29, 1.82) is 0 Å². The Hall–Kier alpha value is -3.19. The quantitative estimate of drug-likeness (QED) is 0.555. The number of carbonyl (C=O) groups excluding carboxylic acids is 4. The van der Waals surface area contributed by atoms with Crippen molar-refractivity contribution in [3.8, 4) is 0 Å². The summed E-state index contributed by atoms with van der Waals surface area (Å²) < 4.78 is 4.95. The van der Waals surface area contributed by atoms with E-state index in [2.05, 4.69) is 5.32 Å². The number of ether oxygens (including phenoxy) is 1. The molecule has 1 aliphatic heterocycles. The Labute approximate surface area is 172 Å². The first kappa shape index (κ1) is 20.5. The lowest BCUT2D eigenvalue weighted by atomic mass is 10.1. The zero-order valence-electron chi connectivity index (χ0n) is 15.7. The predicted octanol–water partition coefficient (Wildman–Crippen LogP) is 2.75. The van der Waals surface area contributed by atoms with Crippen LogP contribution in [0.3, 0.4) is 0 Å². The molecule has 0 radical (unpaired) electrons. The zero-order chi connectivity index (χ0) is 21.0. The molecular formula is C21H19ClN2O5. The molecule has 0 aliphatic carbocycles. The molecule has 1 atom stereocenters. The fourth-order valence-corrected chi connectivity index (χ4v) is 3.11. The van der Waals surface area contributed by atoms with E-state index in [0.717, 1.165) is 10.5 Å². The first-order valence-electron chi connectivity index (χ1n) is 9.02. The molecule has 1 N–H and O–H groups in total. The van der Waals surface area contributed by atoms with Gasteiger partial charge in [0.1, 0.15) is 0 Å². The highest BCUT2D eigenvalue weighted by molar-refractivity contribution is 6.30. The molecule has 0 bridgehead atoms. The van der Waals surface area contributed by atoms with E-state index in [1.165, 1.54) is 0 Å². The highest BCUT2D eigenvalue weighted by Crippen LogP contribution is 2.22. The van der Waals surface area contributed by atoms with E-state index >= 15 is 0 Å². The zero-order valence-corrected chi connectivity index (χ0v) is 16.4. The van der Waals surface area contributed by atoms with Crippen molar-refractivity contribution >= 4 is 35.3 Å². The minimum atomic E-state index is -0.671. The number of nitrogens with one attached hydrogen (secondary N) is 1. The van der Waals surface area contributed by atoms with Gasteiger partial charge in [-0.1, -0.05) is 35.9 Å². The van der Waals surface area contributed by atoms with Crippen LogP contribution in [0.4, 0.5) is 0 Å². The molecule has 0 saturated heterocycles. The topological polar surface area (TPSA) is 92.8 Å². The molecule has 2 aromatic rings. The molecule has 29 heavy (non-hydrogen) atoms. The lowest BCUT2D eigenvalue weighted by molar-refractivity contribution is -0.148. The normalized spacial score (nSPS) is 13.8. The largest absolute Gasteiger partial charge is 0.456 e. The van der Waals surface area contributed by atoms with Crippen LogP contribution in [0.15, 0.2) is 48.5 Å². The number of halogens is 1. The van der Waals surface area contributed by atoms with E-state index in [9.17, 15) is 19.2 Å². The van der Waals surface area contributed by atoms with Crippen LogP contribution in [0, 0.1) is 0 Å². The summed E-state index contributed by atoms with van der Waals surface area (Å²) in [6.45, 7) is 1.25. The number of imide groups is 1. The van der Waals surface area contributed by atoms with E-state index in [1.54, 1.807) is 55.5 Å². The van der Waals surface area contributed by atoms with Gasteiger partial charge >= 0.3 is 5.97 Å². The van der Waals surface area contributed by atoms with E-state index in [4.69, 9.17) is 16.3 Å². The fourth-order valence-electron chi connectivity index (χ4n) is 2.98. The van der Waals surface area contributed by atoms with Crippen LogP contribution in [0.2, 0.25) is 5.02 Å². The van der Waals surface area contributed by atoms with Gasteiger partial charge in [0.05, 0.1) is 23.6 Å². The minimum Gasteiger partial charge on any atom is -0.456 e. The van der Waals surface area contributed by atoms with Gasteiger partial charge in [0.25, 0.3) is 17.7 Å². The number of hydrogen-bond acceptors (Lipinski definition) is 5. The summed E-state index contributed by atoms with van der Waals surface area (Å²) in [6.07, 6.45) is -0.189. The third kappa shape index (κ3) is 4.81. The van der Waals surface area contributed by atoms with Gasteiger partial charge in [-0.3, -0.25) is 24.1 Å². The van der Waals surface area contributed by atoms with Gasteiger partial charge in [-0.25, -0.2) is 0 Å². The molecule has 3 amide bonds. The van der Waals surface area contributed by atoms with Crippen LogP contribution in [0.1, 0.15) is 45.7 Å². The highest BCUT2D eigenvalue weighted by Gasteiger charge is 2.35. The Bertz CT molecular complexity index is 923. The van der Waals surface area contributed by atoms with E-state index in [-0.39, 0.29) is 19.0 Å². The maximum atomic E-state index is 12.2. The number of benzene rings is 2. The van der Waals surface area contributed by atoms with E-state index in [1.807, 2.05) is 0 Å². The lowest BCUT2D eigenvalue weighted by Crippen LogP contribution is -2.34. The number of carbonyl (C=O) groups is 4. The second kappa shape index (κ2) is 8.87. The molecule has 8 heteroatoms. The molecule has 0 saturated carbocycles. The minimum absolute atomic E-state index is 0.103. The Morgan fingerprint density at radius 3 is 2.21 bits per heavy atom. The van der Waals surface area contributed by atoms with Gasteiger partial charge in [-0.2, -0.15) is 0 Å². The van der Waals surface area contributed by atoms with Crippen molar-refractivity contribution in [3.05, 3.63) is 70.2 Å². The number of hydrogen-bond donors (Lipinski definition) is 1. The van der Waals surface area contributed by atoms with Gasteiger partial charge in [0.15, 0.2) is 6.61 Å². The van der Waals surface area contributed by atoms with Crippen molar-refractivity contribution < 1.29 is 23.9 Å². The third-order valence-electron chi connectivity index (χ3n) is 4.53. The van der Waals surface area contributed by atoms with Gasteiger partial charge in [-0.15, -0.1) is 0 Å². The van der Waals surface area contributed by atoms with Crippen LogP contribution >= 0.6 is 11.6 Å². The monoisotopic (exact) mass is 414 g/mol. The van der Waals surface area contributed by atoms with Crippen molar-refractivity contribution in [2.75, 3.05) is 13.2 Å². The maximum Gasteiger partial charge on any atom is 0.308 e. The summed E-state index contributed by atoms with van der Waals surface area (Å²) in [6, 6.07) is 13.2. The van der Waals surface area contributed by atoms with Crippen molar-refractivity contribution in [1.82, 2.24) is 10.2 Å². The van der Waals surface area contributed by atoms with Gasteiger partial charge in [0, 0.05) is 11.6 Å². The summed E-state index contributed by atoms with van der Waals surface area (Å²) in [5, 5.41) is 3.31.